The molecule has 6 nitrogen and oxygen atoms in total. The number of non-ortho nitro benzene ring substituents is 1. The lowest BCUT2D eigenvalue weighted by molar-refractivity contribution is -0.384. The van der Waals surface area contributed by atoms with Crippen LogP contribution in [0.4, 0.5) is 17.1 Å². The molecule has 1 N–H and O–H groups in total. The molecule has 1 aliphatic heterocycles. The summed E-state index contributed by atoms with van der Waals surface area (Å²) >= 11 is 6.06. The molecule has 3 rings (SSSR count). The van der Waals surface area contributed by atoms with Crippen LogP contribution in [0.2, 0.25) is 5.02 Å². The molecule has 0 aromatic heterocycles. The van der Waals surface area contributed by atoms with Crippen LogP contribution in [0.25, 0.3) is 0 Å². The van der Waals surface area contributed by atoms with E-state index in [-0.39, 0.29) is 11.6 Å². The van der Waals surface area contributed by atoms with Gasteiger partial charge in [-0.15, -0.1) is 0 Å². The number of rotatable bonds is 5. The highest BCUT2D eigenvalue weighted by Crippen LogP contribution is 2.27. The zero-order chi connectivity index (χ0) is 17.1. The van der Waals surface area contributed by atoms with Gasteiger partial charge in [-0.2, -0.15) is 0 Å². The Kier molecular flexibility index (Phi) is 4.66. The van der Waals surface area contributed by atoms with E-state index >= 15 is 0 Å². The minimum absolute atomic E-state index is 0.0369. The number of nitro benzene ring substituents is 1. The number of carbonyl (C=O) groups is 1. The number of benzene rings is 2. The molecule has 7 heteroatoms. The van der Waals surface area contributed by atoms with Crippen LogP contribution in [0.15, 0.2) is 42.5 Å². The fourth-order valence-electron chi connectivity index (χ4n) is 2.67. The van der Waals surface area contributed by atoms with Crippen LogP contribution in [0.5, 0.6) is 0 Å². The Morgan fingerprint density at radius 3 is 2.54 bits per heavy atom. The zero-order valence-corrected chi connectivity index (χ0v) is 13.6. The lowest BCUT2D eigenvalue weighted by Crippen LogP contribution is -2.23. The number of hydrogen-bond donors (Lipinski definition) is 1. The van der Waals surface area contributed by atoms with Crippen molar-refractivity contribution in [3.63, 3.8) is 0 Å². The van der Waals surface area contributed by atoms with E-state index in [4.69, 9.17) is 11.6 Å². The molecular formula is C17H16ClN3O3. The van der Waals surface area contributed by atoms with Crippen LogP contribution in [0.3, 0.4) is 0 Å². The smallest absolute Gasteiger partial charge is 0.271 e. The van der Waals surface area contributed by atoms with Crippen molar-refractivity contribution in [2.75, 3.05) is 16.8 Å². The van der Waals surface area contributed by atoms with Crippen molar-refractivity contribution in [1.29, 1.82) is 0 Å². The lowest BCUT2D eigenvalue weighted by atomic mass is 10.2. The minimum Gasteiger partial charge on any atom is -0.380 e. The highest BCUT2D eigenvalue weighted by atomic mass is 35.5. The molecule has 0 atom stereocenters. The van der Waals surface area contributed by atoms with Gasteiger partial charge < -0.3 is 10.2 Å². The predicted octanol–water partition coefficient (Wildman–Crippen LogP) is 3.99. The summed E-state index contributed by atoms with van der Waals surface area (Å²) in [6.07, 6.45) is 1.52. The summed E-state index contributed by atoms with van der Waals surface area (Å²) in [4.78, 5) is 23.8. The van der Waals surface area contributed by atoms with Crippen molar-refractivity contribution in [1.82, 2.24) is 0 Å². The predicted molar refractivity (Wildman–Crippen MR) is 93.5 cm³/mol. The summed E-state index contributed by atoms with van der Waals surface area (Å²) in [6.45, 7) is 1.31. The van der Waals surface area contributed by atoms with E-state index in [1.54, 1.807) is 11.0 Å². The van der Waals surface area contributed by atoms with E-state index in [0.717, 1.165) is 24.2 Å². The monoisotopic (exact) mass is 345 g/mol. The third kappa shape index (κ3) is 3.49. The van der Waals surface area contributed by atoms with Crippen LogP contribution in [0, 0.1) is 10.1 Å². The first-order chi connectivity index (χ1) is 11.5. The van der Waals surface area contributed by atoms with Crippen molar-refractivity contribution in [3.05, 3.63) is 63.2 Å². The molecule has 0 aliphatic carbocycles. The number of halogens is 1. The molecule has 1 aliphatic rings. The number of nitrogens with one attached hydrogen (secondary N) is 1. The molecule has 24 heavy (non-hydrogen) atoms. The number of anilines is 2. The fraction of sp³-hybridized carbons (Fsp3) is 0.235. The van der Waals surface area contributed by atoms with Gasteiger partial charge in [-0.05, 0) is 30.2 Å². The van der Waals surface area contributed by atoms with Gasteiger partial charge in [0.25, 0.3) is 5.69 Å². The summed E-state index contributed by atoms with van der Waals surface area (Å²) < 4.78 is 0. The summed E-state index contributed by atoms with van der Waals surface area (Å²) in [5.74, 6) is 0.165. The Labute approximate surface area is 144 Å². The van der Waals surface area contributed by atoms with Crippen molar-refractivity contribution < 1.29 is 9.72 Å². The number of nitrogens with zero attached hydrogens (tertiary/aromatic N) is 2. The number of amides is 1. The quantitative estimate of drug-likeness (QED) is 0.656. The van der Waals surface area contributed by atoms with Gasteiger partial charge in [-0.25, -0.2) is 0 Å². The lowest BCUT2D eigenvalue weighted by Gasteiger charge is -2.16. The van der Waals surface area contributed by atoms with Crippen molar-refractivity contribution in [2.24, 2.45) is 0 Å². The third-order valence-electron chi connectivity index (χ3n) is 3.97. The molecule has 124 valence electrons. The average Bonchev–Trinajstić information content (AvgIpc) is 3.00. The third-order valence-corrected chi connectivity index (χ3v) is 4.28. The Morgan fingerprint density at radius 2 is 1.96 bits per heavy atom. The minimum atomic E-state index is -0.478. The van der Waals surface area contributed by atoms with Crippen LogP contribution in [0.1, 0.15) is 18.4 Å². The maximum Gasteiger partial charge on any atom is 0.271 e. The van der Waals surface area contributed by atoms with Crippen molar-refractivity contribution in [3.8, 4) is 0 Å². The van der Waals surface area contributed by atoms with Crippen LogP contribution < -0.4 is 10.2 Å². The highest BCUT2D eigenvalue weighted by Gasteiger charge is 2.21. The molecule has 0 radical (unpaired) electrons. The average molecular weight is 346 g/mol. The molecule has 1 fully saturated rings. The van der Waals surface area contributed by atoms with E-state index in [2.05, 4.69) is 5.32 Å². The molecule has 1 amide bonds. The van der Waals surface area contributed by atoms with Gasteiger partial charge in [-0.1, -0.05) is 23.7 Å². The largest absolute Gasteiger partial charge is 0.380 e. The molecule has 0 saturated carbocycles. The van der Waals surface area contributed by atoms with E-state index < -0.39 is 4.92 Å². The van der Waals surface area contributed by atoms with Gasteiger partial charge in [0.2, 0.25) is 5.91 Å². The van der Waals surface area contributed by atoms with Gasteiger partial charge in [0.15, 0.2) is 0 Å². The Hall–Kier alpha value is -2.60. The maximum atomic E-state index is 11.7. The molecule has 0 unspecified atom stereocenters. The molecule has 0 spiro atoms. The number of carbonyl (C=O) groups excluding carboxylic acids is 1. The maximum absolute atomic E-state index is 11.7. The SMILES string of the molecule is O=C1CCCN1c1ccc(CNc2ccc([N+](=O)[O-])cc2Cl)cc1. The van der Waals surface area contributed by atoms with Gasteiger partial charge >= 0.3 is 0 Å². The summed E-state index contributed by atoms with van der Waals surface area (Å²) in [7, 11) is 0. The van der Waals surface area contributed by atoms with Gasteiger partial charge in [-0.3, -0.25) is 14.9 Å². The highest BCUT2D eigenvalue weighted by molar-refractivity contribution is 6.33. The Balaban J connectivity index is 1.64. The zero-order valence-electron chi connectivity index (χ0n) is 12.9. The molecule has 2 aromatic rings. The first kappa shape index (κ1) is 16.3. The second kappa shape index (κ2) is 6.88. The van der Waals surface area contributed by atoms with Gasteiger partial charge in [0, 0.05) is 37.3 Å². The van der Waals surface area contributed by atoms with E-state index in [0.29, 0.717) is 23.7 Å². The normalized spacial score (nSPS) is 14.0. The van der Waals surface area contributed by atoms with Gasteiger partial charge in [0.05, 0.1) is 15.6 Å². The first-order valence-corrected chi connectivity index (χ1v) is 7.99. The summed E-state index contributed by atoms with van der Waals surface area (Å²) in [6, 6.07) is 12.1. The topological polar surface area (TPSA) is 75.5 Å². The van der Waals surface area contributed by atoms with E-state index in [1.807, 2.05) is 24.3 Å². The van der Waals surface area contributed by atoms with Crippen LogP contribution in [-0.2, 0) is 11.3 Å². The van der Waals surface area contributed by atoms with Crippen molar-refractivity contribution >= 4 is 34.6 Å². The standard InChI is InChI=1S/C17H16ClN3O3/c18-15-10-14(21(23)24)7-8-16(15)19-11-12-3-5-13(6-4-12)20-9-1-2-17(20)22/h3-8,10,19H,1-2,9,11H2. The number of hydrogen-bond acceptors (Lipinski definition) is 4. The molecule has 1 heterocycles. The fourth-order valence-corrected chi connectivity index (χ4v) is 2.91. The van der Waals surface area contributed by atoms with Crippen molar-refractivity contribution in [2.45, 2.75) is 19.4 Å². The Morgan fingerprint density at radius 1 is 1.21 bits per heavy atom. The van der Waals surface area contributed by atoms with E-state index in [1.165, 1.54) is 12.1 Å². The molecule has 1 saturated heterocycles. The van der Waals surface area contributed by atoms with Gasteiger partial charge in [0.1, 0.15) is 0 Å². The van der Waals surface area contributed by atoms with E-state index in [9.17, 15) is 14.9 Å². The number of nitro groups is 1. The summed E-state index contributed by atoms with van der Waals surface area (Å²) in [5.41, 5.74) is 2.54. The molecular weight excluding hydrogens is 330 g/mol. The summed E-state index contributed by atoms with van der Waals surface area (Å²) in [5, 5.41) is 14.2. The molecule has 2 aromatic carbocycles. The molecule has 0 bridgehead atoms. The second-order valence-electron chi connectivity index (χ2n) is 5.59. The van der Waals surface area contributed by atoms with Crippen LogP contribution in [-0.4, -0.2) is 17.4 Å². The second-order valence-corrected chi connectivity index (χ2v) is 6.00. The first-order valence-electron chi connectivity index (χ1n) is 7.62. The van der Waals surface area contributed by atoms with Crippen LogP contribution >= 0.6 is 11.6 Å². The Bertz CT molecular complexity index is 777.